The van der Waals surface area contributed by atoms with Crippen LogP contribution in [0.15, 0.2) is 47.6 Å². The molecule has 0 spiro atoms. The molecule has 0 aliphatic carbocycles. The van der Waals surface area contributed by atoms with E-state index in [1.807, 2.05) is 25.3 Å². The number of nitro benzene ring substituents is 1. The van der Waals surface area contributed by atoms with Crippen LogP contribution in [0.25, 0.3) is 0 Å². The van der Waals surface area contributed by atoms with Crippen LogP contribution in [0.4, 0.5) is 11.4 Å². The van der Waals surface area contributed by atoms with Gasteiger partial charge in [-0.15, -0.1) is 10.2 Å². The fraction of sp³-hybridized carbons (Fsp3) is 0.304. The van der Waals surface area contributed by atoms with Crippen LogP contribution in [0.2, 0.25) is 10.0 Å². The highest BCUT2D eigenvalue weighted by Crippen LogP contribution is 2.30. The van der Waals surface area contributed by atoms with Crippen molar-refractivity contribution < 1.29 is 14.5 Å². The number of hydrogen-bond donors (Lipinski definition) is 2. The Morgan fingerprint density at radius 1 is 1.17 bits per heavy atom. The second kappa shape index (κ2) is 12.2. The summed E-state index contributed by atoms with van der Waals surface area (Å²) in [5.41, 5.74) is 0.413. The number of rotatable bonds is 10. The summed E-state index contributed by atoms with van der Waals surface area (Å²) >= 11 is 13.3. The molecule has 190 valence electrons. The van der Waals surface area contributed by atoms with Gasteiger partial charge in [0, 0.05) is 24.2 Å². The molecule has 1 atom stereocenters. The van der Waals surface area contributed by atoms with Crippen molar-refractivity contribution in [2.45, 2.75) is 38.5 Å². The number of hydrogen-bond acceptors (Lipinski definition) is 7. The molecule has 3 aromatic rings. The molecule has 2 aromatic carbocycles. The standard InChI is InChI=1S/C23H24Cl2N6O4S/c1-4-30-21(20(13(2)3)27-22(33)14-7-5-8-15(11-14)31(34)35)28-29-23(30)36-12-18(32)26-17-10-6-9-16(24)19(17)25/h5-11,13,20H,4,12H2,1-3H3,(H,26,32)(H,27,33)/t20-/m0/s1. The number of non-ortho nitro benzene ring substituents is 1. The highest BCUT2D eigenvalue weighted by atomic mass is 35.5. The molecule has 2 amide bonds. The SMILES string of the molecule is CCn1c(SCC(=O)Nc2cccc(Cl)c2Cl)nnc1[C@@H](NC(=O)c1cccc([N+](=O)[O-])c1)C(C)C. The predicted molar refractivity (Wildman–Crippen MR) is 140 cm³/mol. The Hall–Kier alpha value is -3.15. The lowest BCUT2D eigenvalue weighted by atomic mass is 10.0. The van der Waals surface area contributed by atoms with Gasteiger partial charge in [0.15, 0.2) is 11.0 Å². The molecule has 3 rings (SSSR count). The monoisotopic (exact) mass is 550 g/mol. The molecule has 0 unspecified atom stereocenters. The lowest BCUT2D eigenvalue weighted by molar-refractivity contribution is -0.384. The van der Waals surface area contributed by atoms with Gasteiger partial charge in [0.05, 0.1) is 32.5 Å². The highest BCUT2D eigenvalue weighted by Gasteiger charge is 2.27. The molecule has 0 fully saturated rings. The zero-order chi connectivity index (χ0) is 26.4. The maximum atomic E-state index is 12.9. The first-order valence-corrected chi connectivity index (χ1v) is 12.7. The van der Waals surface area contributed by atoms with Gasteiger partial charge in [-0.2, -0.15) is 0 Å². The summed E-state index contributed by atoms with van der Waals surface area (Å²) in [5.74, 6) is -0.251. The van der Waals surface area contributed by atoms with E-state index in [2.05, 4.69) is 20.8 Å². The van der Waals surface area contributed by atoms with Gasteiger partial charge in [0.2, 0.25) is 5.91 Å². The third-order valence-electron chi connectivity index (χ3n) is 5.17. The zero-order valence-electron chi connectivity index (χ0n) is 19.7. The summed E-state index contributed by atoms with van der Waals surface area (Å²) in [7, 11) is 0. The Kier molecular flexibility index (Phi) is 9.30. The summed E-state index contributed by atoms with van der Waals surface area (Å²) in [6.07, 6.45) is 0. The number of halogens is 2. The predicted octanol–water partition coefficient (Wildman–Crippen LogP) is 5.37. The van der Waals surface area contributed by atoms with Crippen molar-refractivity contribution in [2.24, 2.45) is 5.92 Å². The Balaban J connectivity index is 1.74. The Morgan fingerprint density at radius 3 is 2.56 bits per heavy atom. The van der Waals surface area contributed by atoms with E-state index in [-0.39, 0.29) is 33.9 Å². The van der Waals surface area contributed by atoms with Crippen molar-refractivity contribution >= 4 is 58.2 Å². The van der Waals surface area contributed by atoms with E-state index in [9.17, 15) is 19.7 Å². The van der Waals surface area contributed by atoms with Gasteiger partial charge >= 0.3 is 0 Å². The van der Waals surface area contributed by atoms with Crippen molar-refractivity contribution in [1.82, 2.24) is 20.1 Å². The lowest BCUT2D eigenvalue weighted by Gasteiger charge is -2.22. The van der Waals surface area contributed by atoms with E-state index in [0.29, 0.717) is 28.2 Å². The second-order valence-electron chi connectivity index (χ2n) is 8.03. The van der Waals surface area contributed by atoms with Crippen LogP contribution < -0.4 is 10.6 Å². The smallest absolute Gasteiger partial charge is 0.270 e. The van der Waals surface area contributed by atoms with Crippen molar-refractivity contribution in [3.05, 3.63) is 74.0 Å². The minimum atomic E-state index is -0.551. The largest absolute Gasteiger partial charge is 0.342 e. The lowest BCUT2D eigenvalue weighted by Crippen LogP contribution is -2.33. The Morgan fingerprint density at radius 2 is 1.89 bits per heavy atom. The van der Waals surface area contributed by atoms with Crippen LogP contribution in [-0.4, -0.2) is 37.3 Å². The molecule has 0 radical (unpaired) electrons. The molecule has 0 aliphatic rings. The normalized spacial score (nSPS) is 11.8. The minimum absolute atomic E-state index is 0.0490. The highest BCUT2D eigenvalue weighted by molar-refractivity contribution is 7.99. The number of nitrogens with one attached hydrogen (secondary N) is 2. The Bertz CT molecular complexity index is 1280. The summed E-state index contributed by atoms with van der Waals surface area (Å²) in [5, 5.41) is 26.3. The topological polar surface area (TPSA) is 132 Å². The molecule has 1 aromatic heterocycles. The fourth-order valence-electron chi connectivity index (χ4n) is 3.37. The van der Waals surface area contributed by atoms with Gasteiger partial charge in [-0.3, -0.25) is 19.7 Å². The van der Waals surface area contributed by atoms with Gasteiger partial charge in [-0.25, -0.2) is 0 Å². The Labute approximate surface area is 221 Å². The summed E-state index contributed by atoms with van der Waals surface area (Å²) in [6.45, 7) is 6.24. The van der Waals surface area contributed by atoms with Crippen LogP contribution in [-0.2, 0) is 11.3 Å². The molecule has 0 saturated carbocycles. The van der Waals surface area contributed by atoms with Gasteiger partial charge < -0.3 is 15.2 Å². The van der Waals surface area contributed by atoms with Gasteiger partial charge in [-0.1, -0.05) is 60.9 Å². The second-order valence-corrected chi connectivity index (χ2v) is 9.75. The number of carbonyl (C=O) groups is 2. The van der Waals surface area contributed by atoms with Gasteiger partial charge in [-0.05, 0) is 31.0 Å². The number of nitrogens with zero attached hydrogens (tertiary/aromatic N) is 4. The van der Waals surface area contributed by atoms with E-state index in [4.69, 9.17) is 23.2 Å². The quantitative estimate of drug-likeness (QED) is 0.197. The van der Waals surface area contributed by atoms with Gasteiger partial charge in [0.1, 0.15) is 0 Å². The number of benzene rings is 2. The number of anilines is 1. The van der Waals surface area contributed by atoms with E-state index >= 15 is 0 Å². The van der Waals surface area contributed by atoms with Gasteiger partial charge in [0.25, 0.3) is 11.6 Å². The molecule has 1 heterocycles. The first-order valence-electron chi connectivity index (χ1n) is 11.0. The van der Waals surface area contributed by atoms with E-state index < -0.39 is 16.9 Å². The van der Waals surface area contributed by atoms with Crippen LogP contribution in [0, 0.1) is 16.0 Å². The van der Waals surface area contributed by atoms with Crippen molar-refractivity contribution in [3.8, 4) is 0 Å². The number of aromatic nitrogens is 3. The first-order chi connectivity index (χ1) is 17.1. The first kappa shape index (κ1) is 27.4. The molecule has 0 aliphatic heterocycles. The average molecular weight is 551 g/mol. The van der Waals surface area contributed by atoms with Crippen molar-refractivity contribution in [2.75, 3.05) is 11.1 Å². The molecule has 0 bridgehead atoms. The van der Waals surface area contributed by atoms with Crippen LogP contribution in [0.1, 0.15) is 43.0 Å². The van der Waals surface area contributed by atoms with Crippen LogP contribution >= 0.6 is 35.0 Å². The van der Waals surface area contributed by atoms with Crippen molar-refractivity contribution in [1.29, 1.82) is 0 Å². The molecular weight excluding hydrogens is 527 g/mol. The molecule has 2 N–H and O–H groups in total. The molecule has 36 heavy (non-hydrogen) atoms. The van der Waals surface area contributed by atoms with Crippen LogP contribution in [0.3, 0.4) is 0 Å². The molecular formula is C23H24Cl2N6O4S. The molecule has 13 heteroatoms. The number of carbonyl (C=O) groups excluding carboxylic acids is 2. The zero-order valence-corrected chi connectivity index (χ0v) is 22.0. The fourth-order valence-corrected chi connectivity index (χ4v) is 4.52. The van der Waals surface area contributed by atoms with E-state index in [0.717, 1.165) is 0 Å². The number of nitro groups is 1. The average Bonchev–Trinajstić information content (AvgIpc) is 3.26. The maximum Gasteiger partial charge on any atom is 0.270 e. The van der Waals surface area contributed by atoms with E-state index in [1.54, 1.807) is 18.2 Å². The maximum absolute atomic E-state index is 12.9. The molecule has 10 nitrogen and oxygen atoms in total. The molecule has 0 saturated heterocycles. The number of amides is 2. The minimum Gasteiger partial charge on any atom is -0.342 e. The van der Waals surface area contributed by atoms with Crippen molar-refractivity contribution in [3.63, 3.8) is 0 Å². The summed E-state index contributed by atoms with van der Waals surface area (Å²) in [6, 6.07) is 9.97. The number of thioether (sulfide) groups is 1. The summed E-state index contributed by atoms with van der Waals surface area (Å²) in [4.78, 5) is 35.9. The summed E-state index contributed by atoms with van der Waals surface area (Å²) < 4.78 is 1.82. The third-order valence-corrected chi connectivity index (χ3v) is 6.96. The van der Waals surface area contributed by atoms with Crippen LogP contribution in [0.5, 0.6) is 0 Å². The third kappa shape index (κ3) is 6.54. The van der Waals surface area contributed by atoms with E-state index in [1.165, 1.54) is 36.0 Å².